The molecule has 1 heterocycles. The van der Waals surface area contributed by atoms with Crippen molar-refractivity contribution in [2.24, 2.45) is 0 Å². The molecule has 0 atom stereocenters. The number of anilines is 1. The van der Waals surface area contributed by atoms with Gasteiger partial charge in [0, 0.05) is 13.1 Å². The lowest BCUT2D eigenvalue weighted by atomic mass is 10.1. The van der Waals surface area contributed by atoms with Crippen LogP contribution in [0.25, 0.3) is 0 Å². The third kappa shape index (κ3) is 7.24. The number of unbranched alkanes of at least 4 members (excludes halogenated alkanes) is 4. The van der Waals surface area contributed by atoms with E-state index in [2.05, 4.69) is 24.1 Å². The maximum absolute atomic E-state index is 12.2. The molecule has 1 saturated heterocycles. The van der Waals surface area contributed by atoms with E-state index >= 15 is 0 Å². The number of carbonyl (C=O) groups is 1. The highest BCUT2D eigenvalue weighted by molar-refractivity contribution is 5.86. The van der Waals surface area contributed by atoms with Crippen molar-refractivity contribution < 1.29 is 14.3 Å². The summed E-state index contributed by atoms with van der Waals surface area (Å²) in [5, 5.41) is 2.84. The second-order valence-electron chi connectivity index (χ2n) is 6.92. The number of hydrogen-bond acceptors (Lipinski definition) is 4. The van der Waals surface area contributed by atoms with Gasteiger partial charge in [-0.25, -0.2) is 4.79 Å². The molecule has 1 aliphatic heterocycles. The minimum absolute atomic E-state index is 0.00412. The lowest BCUT2D eigenvalue weighted by molar-refractivity contribution is 0.0605. The summed E-state index contributed by atoms with van der Waals surface area (Å²) in [6.07, 6.45) is 7.41. The summed E-state index contributed by atoms with van der Waals surface area (Å²) in [5.41, 5.74) is 0.678. The molecule has 146 valence electrons. The molecule has 0 aliphatic carbocycles. The molecule has 0 saturated carbocycles. The number of piperidine rings is 1. The number of benzene rings is 1. The molecule has 1 aliphatic rings. The molecule has 1 aromatic carbocycles. The average molecular weight is 363 g/mol. The van der Waals surface area contributed by atoms with E-state index in [1.54, 1.807) is 0 Å². The first-order valence-electron chi connectivity index (χ1n) is 10.1. The van der Waals surface area contributed by atoms with Crippen molar-refractivity contribution in [3.63, 3.8) is 0 Å². The lowest BCUT2D eigenvalue weighted by Crippen LogP contribution is -2.38. The van der Waals surface area contributed by atoms with Crippen molar-refractivity contribution in [2.75, 3.05) is 31.6 Å². The number of nitrogens with one attached hydrogen (secondary N) is 1. The molecule has 1 amide bonds. The van der Waals surface area contributed by atoms with Gasteiger partial charge in [0.2, 0.25) is 0 Å². The maximum atomic E-state index is 12.2. The Morgan fingerprint density at radius 2 is 1.85 bits per heavy atom. The summed E-state index contributed by atoms with van der Waals surface area (Å²) in [7, 11) is 0. The highest BCUT2D eigenvalue weighted by Crippen LogP contribution is 2.25. The van der Waals surface area contributed by atoms with Crippen LogP contribution in [-0.2, 0) is 4.74 Å². The number of rotatable bonds is 10. The quantitative estimate of drug-likeness (QED) is 0.591. The van der Waals surface area contributed by atoms with Crippen LogP contribution in [0.5, 0.6) is 5.75 Å². The fourth-order valence-electron chi connectivity index (χ4n) is 3.22. The van der Waals surface area contributed by atoms with Crippen LogP contribution in [-0.4, -0.2) is 43.3 Å². The second kappa shape index (κ2) is 11.8. The van der Waals surface area contributed by atoms with Gasteiger partial charge in [-0.05, 0) is 37.9 Å². The topological polar surface area (TPSA) is 50.8 Å². The van der Waals surface area contributed by atoms with Gasteiger partial charge in [-0.3, -0.25) is 5.32 Å². The number of hydrogen-bond donors (Lipinski definition) is 1. The van der Waals surface area contributed by atoms with E-state index in [4.69, 9.17) is 9.47 Å². The average Bonchev–Trinajstić information content (AvgIpc) is 2.66. The summed E-state index contributed by atoms with van der Waals surface area (Å²) in [5.74, 6) is 0.709. The molecular formula is C21H34N2O3. The van der Waals surface area contributed by atoms with E-state index in [1.807, 2.05) is 24.3 Å². The summed E-state index contributed by atoms with van der Waals surface area (Å²) in [4.78, 5) is 14.6. The number of likely N-dealkylation sites (tertiary alicyclic amines) is 1. The summed E-state index contributed by atoms with van der Waals surface area (Å²) < 4.78 is 11.4. The first kappa shape index (κ1) is 20.6. The molecule has 0 unspecified atom stereocenters. The Labute approximate surface area is 158 Å². The third-order valence-corrected chi connectivity index (χ3v) is 4.88. The first-order chi connectivity index (χ1) is 12.7. The van der Waals surface area contributed by atoms with Gasteiger partial charge in [0.25, 0.3) is 0 Å². The van der Waals surface area contributed by atoms with Crippen LogP contribution in [0.3, 0.4) is 0 Å². The van der Waals surface area contributed by atoms with Gasteiger partial charge in [-0.2, -0.15) is 0 Å². The predicted molar refractivity (Wildman–Crippen MR) is 106 cm³/mol. The molecule has 0 bridgehead atoms. The highest BCUT2D eigenvalue weighted by atomic mass is 16.6. The van der Waals surface area contributed by atoms with Crippen LogP contribution in [0.1, 0.15) is 58.8 Å². The van der Waals surface area contributed by atoms with E-state index in [0.29, 0.717) is 18.0 Å². The van der Waals surface area contributed by atoms with Crippen LogP contribution in [0.2, 0.25) is 0 Å². The fraction of sp³-hybridized carbons (Fsp3) is 0.667. The number of para-hydroxylation sites is 2. The minimum Gasteiger partial charge on any atom is -0.491 e. The fourth-order valence-corrected chi connectivity index (χ4v) is 3.22. The smallest absolute Gasteiger partial charge is 0.412 e. The molecular weight excluding hydrogens is 328 g/mol. The predicted octanol–water partition coefficient (Wildman–Crippen LogP) is 5.07. The van der Waals surface area contributed by atoms with E-state index in [9.17, 15) is 4.79 Å². The van der Waals surface area contributed by atoms with Gasteiger partial charge in [0.05, 0.1) is 12.3 Å². The Hall–Kier alpha value is -1.75. The van der Waals surface area contributed by atoms with Crippen LogP contribution in [0.15, 0.2) is 24.3 Å². The maximum Gasteiger partial charge on any atom is 0.412 e. The van der Waals surface area contributed by atoms with Gasteiger partial charge in [-0.1, -0.05) is 51.7 Å². The molecule has 5 heteroatoms. The molecule has 1 aromatic rings. The van der Waals surface area contributed by atoms with Crippen molar-refractivity contribution in [2.45, 2.75) is 64.9 Å². The molecule has 5 nitrogen and oxygen atoms in total. The Bertz CT molecular complexity index is 528. The number of carbonyl (C=O) groups excluding carboxylic acids is 1. The monoisotopic (exact) mass is 362 g/mol. The van der Waals surface area contributed by atoms with Crippen LogP contribution in [0, 0.1) is 0 Å². The SMILES string of the molecule is CCCCCCCOc1ccccc1NC(=O)OC1CCN(CC)CC1. The van der Waals surface area contributed by atoms with Crippen LogP contribution >= 0.6 is 0 Å². The van der Waals surface area contributed by atoms with Crippen molar-refractivity contribution in [1.29, 1.82) is 0 Å². The summed E-state index contributed by atoms with van der Waals surface area (Å²) in [6.45, 7) is 8.09. The first-order valence-corrected chi connectivity index (χ1v) is 10.1. The van der Waals surface area contributed by atoms with Crippen molar-refractivity contribution >= 4 is 11.8 Å². The zero-order chi connectivity index (χ0) is 18.6. The normalized spacial score (nSPS) is 15.6. The molecule has 26 heavy (non-hydrogen) atoms. The Kier molecular flexibility index (Phi) is 9.32. The number of ether oxygens (including phenoxy) is 2. The van der Waals surface area contributed by atoms with Gasteiger partial charge in [-0.15, -0.1) is 0 Å². The van der Waals surface area contributed by atoms with E-state index in [1.165, 1.54) is 25.7 Å². The van der Waals surface area contributed by atoms with Crippen LogP contribution < -0.4 is 10.1 Å². The largest absolute Gasteiger partial charge is 0.491 e. The van der Waals surface area contributed by atoms with Gasteiger partial charge in [0.1, 0.15) is 11.9 Å². The standard InChI is InChI=1S/C21H34N2O3/c1-3-5-6-7-10-17-25-20-12-9-8-11-19(20)22-21(24)26-18-13-15-23(4-2)16-14-18/h8-9,11-12,18H,3-7,10,13-17H2,1-2H3,(H,22,24). The Morgan fingerprint density at radius 3 is 2.58 bits per heavy atom. The van der Waals surface area contributed by atoms with E-state index in [-0.39, 0.29) is 12.2 Å². The molecule has 0 radical (unpaired) electrons. The number of amides is 1. The summed E-state index contributed by atoms with van der Waals surface area (Å²) in [6, 6.07) is 7.56. The zero-order valence-corrected chi connectivity index (χ0v) is 16.3. The molecule has 1 N–H and O–H groups in total. The Morgan fingerprint density at radius 1 is 1.12 bits per heavy atom. The van der Waals surface area contributed by atoms with Crippen molar-refractivity contribution in [1.82, 2.24) is 4.90 Å². The number of nitrogens with zero attached hydrogens (tertiary/aromatic N) is 1. The second-order valence-corrected chi connectivity index (χ2v) is 6.92. The Balaban J connectivity index is 1.75. The lowest BCUT2D eigenvalue weighted by Gasteiger charge is -2.30. The van der Waals surface area contributed by atoms with Crippen LogP contribution in [0.4, 0.5) is 10.5 Å². The third-order valence-electron chi connectivity index (χ3n) is 4.88. The van der Waals surface area contributed by atoms with Gasteiger partial charge in [0.15, 0.2) is 0 Å². The molecule has 0 aromatic heterocycles. The van der Waals surface area contributed by atoms with Crippen molar-refractivity contribution in [3.8, 4) is 5.75 Å². The van der Waals surface area contributed by atoms with Gasteiger partial charge >= 0.3 is 6.09 Å². The van der Waals surface area contributed by atoms with E-state index < -0.39 is 0 Å². The zero-order valence-electron chi connectivity index (χ0n) is 16.3. The van der Waals surface area contributed by atoms with Crippen molar-refractivity contribution in [3.05, 3.63) is 24.3 Å². The van der Waals surface area contributed by atoms with Gasteiger partial charge < -0.3 is 14.4 Å². The minimum atomic E-state index is -0.390. The molecule has 0 spiro atoms. The molecule has 2 rings (SSSR count). The van der Waals surface area contributed by atoms with E-state index in [0.717, 1.165) is 38.9 Å². The highest BCUT2D eigenvalue weighted by Gasteiger charge is 2.21. The summed E-state index contributed by atoms with van der Waals surface area (Å²) >= 11 is 0. The molecule has 1 fully saturated rings.